The Labute approximate surface area is 349 Å². The van der Waals surface area contributed by atoms with Crippen LogP contribution in [0.2, 0.25) is 0 Å². The molecule has 2 saturated carbocycles. The Hall–Kier alpha value is -5.71. The number of ether oxygens (including phenoxy) is 1. The molecule has 3 fully saturated rings. The largest absolute Gasteiger partial charge is 0.470 e. The van der Waals surface area contributed by atoms with Crippen molar-refractivity contribution in [2.75, 3.05) is 6.54 Å². The maximum absolute atomic E-state index is 14.8. The molecule has 0 spiro atoms. The van der Waals surface area contributed by atoms with Gasteiger partial charge in [0.1, 0.15) is 23.5 Å². The number of sulfonamides is 1. The number of aromatic nitrogens is 4. The fourth-order valence-electron chi connectivity index (χ4n) is 8.78. The van der Waals surface area contributed by atoms with E-state index in [1.165, 1.54) is 23.4 Å². The molecule has 0 radical (unpaired) electrons. The number of benzene rings is 2. The molecule has 13 nitrogen and oxygen atoms in total. The Balaban J connectivity index is 1.07. The lowest BCUT2D eigenvalue weighted by molar-refractivity contribution is -0.142. The van der Waals surface area contributed by atoms with Gasteiger partial charge in [0.2, 0.25) is 27.4 Å². The lowest BCUT2D eigenvalue weighted by Gasteiger charge is -2.29. The smallest absolute Gasteiger partial charge is 0.416 e. The maximum Gasteiger partial charge on any atom is 0.416 e. The highest BCUT2D eigenvalue weighted by atomic mass is 32.2. The third-order valence-electron chi connectivity index (χ3n) is 12.4. The fraction of sp³-hybridized carbons (Fsp3) is 0.432. The molecule has 0 bridgehead atoms. The average molecular weight is 857 g/mol. The summed E-state index contributed by atoms with van der Waals surface area (Å²) in [6.45, 7) is -0.0308. The van der Waals surface area contributed by atoms with Gasteiger partial charge in [-0.05, 0) is 80.7 Å². The van der Waals surface area contributed by atoms with E-state index in [1.807, 2.05) is 12.2 Å². The van der Waals surface area contributed by atoms with Gasteiger partial charge in [-0.2, -0.15) is 18.2 Å². The number of nitrogens with one attached hydrogen (secondary N) is 1. The van der Waals surface area contributed by atoms with Crippen molar-refractivity contribution < 1.29 is 45.1 Å². The van der Waals surface area contributed by atoms with Crippen LogP contribution in [-0.2, 0) is 37.0 Å². The second-order valence-corrected chi connectivity index (χ2v) is 18.6. The van der Waals surface area contributed by atoms with Crippen molar-refractivity contribution in [2.45, 2.75) is 94.2 Å². The highest BCUT2D eigenvalue weighted by molar-refractivity contribution is 7.90. The van der Waals surface area contributed by atoms with Crippen LogP contribution in [0.25, 0.3) is 33.5 Å². The van der Waals surface area contributed by atoms with Crippen LogP contribution in [0.3, 0.4) is 0 Å². The van der Waals surface area contributed by atoms with Crippen molar-refractivity contribution in [3.05, 3.63) is 90.5 Å². The summed E-state index contributed by atoms with van der Waals surface area (Å²) in [5.74, 6) is -2.21. The van der Waals surface area contributed by atoms with Crippen molar-refractivity contribution >= 4 is 49.7 Å². The minimum Gasteiger partial charge on any atom is -0.470 e. The number of Topliss-reactive ketones (excluding diaryl/α,β-unsaturated/α-hetero) is 1. The number of nitrogens with zero attached hydrogens (tertiary/aromatic N) is 5. The average Bonchev–Trinajstić information content (AvgIpc) is 4.14. The topological polar surface area (TPSA) is 175 Å². The van der Waals surface area contributed by atoms with E-state index in [2.05, 4.69) is 24.7 Å². The van der Waals surface area contributed by atoms with Gasteiger partial charge in [-0.15, -0.1) is 0 Å². The highest BCUT2D eigenvalue weighted by Crippen LogP contribution is 2.57. The molecule has 3 aromatic heterocycles. The highest BCUT2D eigenvalue weighted by Gasteiger charge is 2.61. The first-order valence-corrected chi connectivity index (χ1v) is 22.2. The van der Waals surface area contributed by atoms with Crippen molar-refractivity contribution in [3.8, 4) is 17.3 Å². The summed E-state index contributed by atoms with van der Waals surface area (Å²) in [6, 6.07) is 10.5. The monoisotopic (exact) mass is 856 g/mol. The van der Waals surface area contributed by atoms with Gasteiger partial charge in [0.05, 0.1) is 28.8 Å². The number of carbonyl (C=O) groups excluding carboxylic acids is 3. The van der Waals surface area contributed by atoms with Crippen LogP contribution in [0.5, 0.6) is 5.88 Å². The lowest BCUT2D eigenvalue weighted by Crippen LogP contribution is -2.46. The number of hydrogen-bond donors (Lipinski definition) is 1. The Bertz CT molecular complexity index is 2630. The third-order valence-corrected chi connectivity index (χ3v) is 14.2. The molecule has 318 valence electrons. The number of halogens is 3. The number of para-hydroxylation sites is 1. The molecule has 17 heteroatoms. The molecule has 0 unspecified atom stereocenters. The van der Waals surface area contributed by atoms with Gasteiger partial charge in [-0.25, -0.2) is 23.4 Å². The van der Waals surface area contributed by atoms with Crippen LogP contribution in [0.1, 0.15) is 75.3 Å². The predicted molar refractivity (Wildman–Crippen MR) is 216 cm³/mol. The molecule has 5 aromatic rings. The van der Waals surface area contributed by atoms with Crippen LogP contribution >= 0.6 is 0 Å². The molecule has 5 atom stereocenters. The first-order valence-electron chi connectivity index (χ1n) is 20.6. The quantitative estimate of drug-likeness (QED) is 0.157. The van der Waals surface area contributed by atoms with Crippen LogP contribution < -0.4 is 9.46 Å². The van der Waals surface area contributed by atoms with E-state index in [9.17, 15) is 36.0 Å². The van der Waals surface area contributed by atoms with Crippen LogP contribution in [0, 0.1) is 17.3 Å². The Morgan fingerprint density at radius 2 is 1.75 bits per heavy atom. The van der Waals surface area contributed by atoms with E-state index in [0.29, 0.717) is 47.7 Å². The third kappa shape index (κ3) is 8.36. The van der Waals surface area contributed by atoms with Crippen molar-refractivity contribution in [1.29, 1.82) is 0 Å². The number of allylic oxidation sites excluding steroid dienone is 2. The summed E-state index contributed by atoms with van der Waals surface area (Å²) in [4.78, 5) is 62.6. The number of furan rings is 1. The zero-order chi connectivity index (χ0) is 42.5. The van der Waals surface area contributed by atoms with Crippen LogP contribution in [-0.4, -0.2) is 74.8 Å². The Kier molecular flexibility index (Phi) is 10.6. The second-order valence-electron chi connectivity index (χ2n) is 16.7. The minimum atomic E-state index is -4.55. The molecule has 2 aliphatic heterocycles. The van der Waals surface area contributed by atoms with E-state index < -0.39 is 62.2 Å². The number of ketones is 1. The van der Waals surface area contributed by atoms with E-state index in [1.54, 1.807) is 36.7 Å². The molecule has 9 rings (SSSR count). The second kappa shape index (κ2) is 16.0. The molecular formula is C44H43F3N6O7S. The summed E-state index contributed by atoms with van der Waals surface area (Å²) in [5, 5.41) is -0.0125. The molecule has 4 aliphatic rings. The number of alkyl halides is 3. The van der Waals surface area contributed by atoms with Gasteiger partial charge in [-0.3, -0.25) is 19.1 Å². The van der Waals surface area contributed by atoms with Crippen molar-refractivity contribution in [3.63, 3.8) is 0 Å². The molecular weight excluding hydrogens is 814 g/mol. The van der Waals surface area contributed by atoms with E-state index in [4.69, 9.17) is 9.15 Å². The van der Waals surface area contributed by atoms with Gasteiger partial charge in [0.25, 0.3) is 5.88 Å². The molecule has 61 heavy (non-hydrogen) atoms. The maximum atomic E-state index is 14.8. The van der Waals surface area contributed by atoms with E-state index in [-0.39, 0.29) is 54.9 Å². The SMILES string of the molecule is O=C1C[C@]2(C(=O)NS(=O)(=O)C3CC3)C[C@H]2/C=C\CCCCC[C@H](Cc2cncnc2)C(=O)N2C[C@H](Oc3nc(-c4ccc(C(F)(F)F)cc4)nc4c3oc3ccccc34)C[C@@H]12. The predicted octanol–water partition coefficient (Wildman–Crippen LogP) is 7.15. The number of rotatable bonds is 8. The lowest BCUT2D eigenvalue weighted by atomic mass is 9.90. The number of fused-ring (bicyclic) bond motifs is 5. The summed E-state index contributed by atoms with van der Waals surface area (Å²) >= 11 is 0. The summed E-state index contributed by atoms with van der Waals surface area (Å²) in [6.07, 6.45) is 8.27. The zero-order valence-corrected chi connectivity index (χ0v) is 33.8. The normalized spacial score (nSPS) is 25.7. The molecule has 2 aromatic carbocycles. The number of hydrogen-bond acceptors (Lipinski definition) is 11. The van der Waals surface area contributed by atoms with Gasteiger partial charge >= 0.3 is 6.18 Å². The number of amides is 2. The zero-order valence-electron chi connectivity index (χ0n) is 33.0. The molecule has 2 aliphatic carbocycles. The molecule has 5 heterocycles. The van der Waals surface area contributed by atoms with Crippen molar-refractivity contribution in [1.82, 2.24) is 29.6 Å². The Morgan fingerprint density at radius 3 is 2.51 bits per heavy atom. The molecule has 2 amide bonds. The fourth-order valence-corrected chi connectivity index (χ4v) is 10.2. The van der Waals surface area contributed by atoms with Crippen LogP contribution in [0.15, 0.2) is 83.8 Å². The van der Waals surface area contributed by atoms with E-state index >= 15 is 0 Å². The first-order chi connectivity index (χ1) is 29.3. The standard InChI is InChI=1S/C44H43F3N6O7S/c45-44(46,47)29-14-12-27(13-15-29)39-50-37-33-10-6-7-11-36(33)60-38(37)40(51-39)59-31-19-34-35(54)21-43(42(56)52-61(57,58)32-16-17-32)20-30(43)9-5-3-1-2-4-8-28(41(55)53(34)24-31)18-26-22-48-25-49-23-26/h5-7,9-15,22-23,25,28,30-32,34H,1-4,8,16-21,24H2,(H,52,56)/b9-5-/t28-,30-,31-,34+,43-/m1/s1. The van der Waals surface area contributed by atoms with Gasteiger partial charge < -0.3 is 14.1 Å². The number of carbonyl (C=O) groups is 3. The molecule has 1 saturated heterocycles. The van der Waals surface area contributed by atoms with E-state index in [0.717, 1.165) is 43.4 Å². The van der Waals surface area contributed by atoms with Crippen molar-refractivity contribution in [2.24, 2.45) is 17.3 Å². The summed E-state index contributed by atoms with van der Waals surface area (Å²) in [7, 11) is -3.90. The van der Waals surface area contributed by atoms with Crippen LogP contribution in [0.4, 0.5) is 13.2 Å². The van der Waals surface area contributed by atoms with Gasteiger partial charge in [0.15, 0.2) is 11.6 Å². The Morgan fingerprint density at radius 1 is 0.984 bits per heavy atom. The first kappa shape index (κ1) is 40.7. The molecule has 1 N–H and O–H groups in total. The minimum absolute atomic E-state index is 0.0183. The van der Waals surface area contributed by atoms with Gasteiger partial charge in [0, 0.05) is 42.1 Å². The van der Waals surface area contributed by atoms with Gasteiger partial charge in [-0.1, -0.05) is 49.3 Å². The summed E-state index contributed by atoms with van der Waals surface area (Å²) < 4.78 is 81.4. The summed E-state index contributed by atoms with van der Waals surface area (Å²) in [5.41, 5.74) is -0.0614.